The number of rotatable bonds is 2. The van der Waals surface area contributed by atoms with Gasteiger partial charge in [-0.3, -0.25) is 0 Å². The second-order valence-electron chi connectivity index (χ2n) is 4.20. The summed E-state index contributed by atoms with van der Waals surface area (Å²) >= 11 is 0. The lowest BCUT2D eigenvalue weighted by Gasteiger charge is -2.25. The molecule has 1 aliphatic heterocycles. The molecule has 4 heteroatoms. The predicted molar refractivity (Wildman–Crippen MR) is 64.8 cm³/mol. The maximum Gasteiger partial charge on any atom is 0.122 e. The Morgan fingerprint density at radius 1 is 1.35 bits per heavy atom. The Balaban J connectivity index is 1.81. The minimum Gasteiger partial charge on any atom is -0.497 e. The minimum absolute atomic E-state index is 0.350. The molecule has 1 atom stereocenters. The standard InChI is InChI=1S/C13H15N3O/c1-17-11-4-2-10(3-5-11)12-9-16-7-6-14-13(16)8-15-12/h2-7,12,15H,8-9H2,1H3. The number of fused-ring (bicyclic) bond motifs is 1. The molecule has 0 radical (unpaired) electrons. The van der Waals surface area contributed by atoms with E-state index in [1.54, 1.807) is 7.11 Å². The van der Waals surface area contributed by atoms with Gasteiger partial charge in [0.05, 0.1) is 19.7 Å². The van der Waals surface area contributed by atoms with Crippen molar-refractivity contribution in [3.05, 3.63) is 48.0 Å². The molecule has 0 aliphatic carbocycles. The highest BCUT2D eigenvalue weighted by molar-refractivity contribution is 5.29. The summed E-state index contributed by atoms with van der Waals surface area (Å²) in [5.41, 5.74) is 1.28. The number of nitrogens with one attached hydrogen (secondary N) is 1. The molecule has 0 bridgehead atoms. The van der Waals surface area contributed by atoms with Crippen molar-refractivity contribution >= 4 is 0 Å². The van der Waals surface area contributed by atoms with Gasteiger partial charge < -0.3 is 14.6 Å². The van der Waals surface area contributed by atoms with Crippen molar-refractivity contribution in [1.82, 2.24) is 14.9 Å². The van der Waals surface area contributed by atoms with E-state index in [9.17, 15) is 0 Å². The van der Waals surface area contributed by atoms with Crippen molar-refractivity contribution in [3.8, 4) is 5.75 Å². The number of ether oxygens (including phenoxy) is 1. The molecule has 1 unspecified atom stereocenters. The van der Waals surface area contributed by atoms with Crippen LogP contribution in [0, 0.1) is 0 Å². The lowest BCUT2D eigenvalue weighted by atomic mass is 10.1. The van der Waals surface area contributed by atoms with Crippen LogP contribution in [0.3, 0.4) is 0 Å². The Kier molecular flexibility index (Phi) is 2.57. The molecule has 2 heterocycles. The zero-order valence-electron chi connectivity index (χ0n) is 9.76. The number of imidazole rings is 1. The van der Waals surface area contributed by atoms with Gasteiger partial charge in [0.1, 0.15) is 11.6 Å². The van der Waals surface area contributed by atoms with Gasteiger partial charge in [-0.1, -0.05) is 12.1 Å². The second kappa shape index (κ2) is 4.22. The van der Waals surface area contributed by atoms with E-state index in [-0.39, 0.29) is 0 Å². The van der Waals surface area contributed by atoms with Crippen LogP contribution in [0.4, 0.5) is 0 Å². The van der Waals surface area contributed by atoms with Gasteiger partial charge in [-0.25, -0.2) is 4.98 Å². The van der Waals surface area contributed by atoms with E-state index >= 15 is 0 Å². The summed E-state index contributed by atoms with van der Waals surface area (Å²) in [7, 11) is 1.69. The van der Waals surface area contributed by atoms with Crippen LogP contribution in [-0.4, -0.2) is 16.7 Å². The fourth-order valence-corrected chi connectivity index (χ4v) is 2.21. The lowest BCUT2D eigenvalue weighted by molar-refractivity contribution is 0.394. The van der Waals surface area contributed by atoms with Gasteiger partial charge in [-0.2, -0.15) is 0 Å². The lowest BCUT2D eigenvalue weighted by Crippen LogP contribution is -2.32. The number of hydrogen-bond acceptors (Lipinski definition) is 3. The fourth-order valence-electron chi connectivity index (χ4n) is 2.21. The summed E-state index contributed by atoms with van der Waals surface area (Å²) in [4.78, 5) is 4.29. The quantitative estimate of drug-likeness (QED) is 0.852. The van der Waals surface area contributed by atoms with Crippen molar-refractivity contribution in [1.29, 1.82) is 0 Å². The van der Waals surface area contributed by atoms with Crippen LogP contribution in [0.1, 0.15) is 17.4 Å². The molecule has 4 nitrogen and oxygen atoms in total. The molecule has 1 aliphatic rings. The van der Waals surface area contributed by atoms with Crippen LogP contribution in [0.5, 0.6) is 5.75 Å². The number of benzene rings is 1. The minimum atomic E-state index is 0.350. The van der Waals surface area contributed by atoms with E-state index in [1.165, 1.54) is 5.56 Å². The fraction of sp³-hybridized carbons (Fsp3) is 0.308. The first kappa shape index (κ1) is 10.4. The zero-order chi connectivity index (χ0) is 11.7. The summed E-state index contributed by atoms with van der Waals surface area (Å²) in [6, 6.07) is 8.57. The van der Waals surface area contributed by atoms with Crippen LogP contribution in [0.15, 0.2) is 36.7 Å². The van der Waals surface area contributed by atoms with Crippen LogP contribution in [0.25, 0.3) is 0 Å². The number of aromatic nitrogens is 2. The average molecular weight is 229 g/mol. The van der Waals surface area contributed by atoms with Crippen LogP contribution >= 0.6 is 0 Å². The van der Waals surface area contributed by atoms with Crippen molar-refractivity contribution in [2.75, 3.05) is 7.11 Å². The van der Waals surface area contributed by atoms with E-state index in [2.05, 4.69) is 27.0 Å². The molecule has 3 rings (SSSR count). The molecule has 1 aromatic carbocycles. The molecule has 2 aromatic rings. The zero-order valence-corrected chi connectivity index (χ0v) is 9.76. The Hall–Kier alpha value is -1.81. The Bertz CT molecular complexity index is 504. The van der Waals surface area contributed by atoms with Crippen molar-refractivity contribution in [2.45, 2.75) is 19.1 Å². The van der Waals surface area contributed by atoms with Crippen molar-refractivity contribution in [3.63, 3.8) is 0 Å². The predicted octanol–water partition coefficient (Wildman–Crippen LogP) is 1.74. The average Bonchev–Trinajstić information content (AvgIpc) is 2.86. The number of nitrogens with zero attached hydrogens (tertiary/aromatic N) is 2. The molecule has 88 valence electrons. The Labute approximate surface area is 100 Å². The third-order valence-electron chi connectivity index (χ3n) is 3.21. The van der Waals surface area contributed by atoms with Crippen molar-refractivity contribution < 1.29 is 4.74 Å². The topological polar surface area (TPSA) is 39.1 Å². The van der Waals surface area contributed by atoms with Crippen molar-refractivity contribution in [2.24, 2.45) is 0 Å². The smallest absolute Gasteiger partial charge is 0.122 e. The van der Waals surface area contributed by atoms with Gasteiger partial charge >= 0.3 is 0 Å². The van der Waals surface area contributed by atoms with E-state index < -0.39 is 0 Å². The van der Waals surface area contributed by atoms with Crippen LogP contribution in [0.2, 0.25) is 0 Å². The maximum atomic E-state index is 5.16. The van der Waals surface area contributed by atoms with Gasteiger partial charge in [-0.15, -0.1) is 0 Å². The van der Waals surface area contributed by atoms with E-state index in [4.69, 9.17) is 4.74 Å². The highest BCUT2D eigenvalue weighted by Crippen LogP contribution is 2.22. The Morgan fingerprint density at radius 3 is 2.94 bits per heavy atom. The summed E-state index contributed by atoms with van der Waals surface area (Å²) in [6.07, 6.45) is 3.89. The molecular weight excluding hydrogens is 214 g/mol. The molecule has 0 saturated heterocycles. The maximum absolute atomic E-state index is 5.16. The number of methoxy groups -OCH3 is 1. The van der Waals surface area contributed by atoms with E-state index in [0.29, 0.717) is 6.04 Å². The molecule has 0 spiro atoms. The SMILES string of the molecule is COc1ccc(C2Cn3ccnc3CN2)cc1. The summed E-state index contributed by atoms with van der Waals surface area (Å²) in [5.74, 6) is 2.00. The monoisotopic (exact) mass is 229 g/mol. The molecule has 0 fully saturated rings. The first-order valence-corrected chi connectivity index (χ1v) is 5.74. The highest BCUT2D eigenvalue weighted by Gasteiger charge is 2.19. The molecule has 17 heavy (non-hydrogen) atoms. The third kappa shape index (κ3) is 1.91. The molecule has 0 amide bonds. The normalized spacial score (nSPS) is 18.8. The summed E-state index contributed by atoms with van der Waals surface area (Å²) < 4.78 is 7.36. The molecule has 1 aromatic heterocycles. The molecule has 0 saturated carbocycles. The summed E-state index contributed by atoms with van der Waals surface area (Å²) in [5, 5.41) is 3.49. The van der Waals surface area contributed by atoms with Gasteiger partial charge in [0.15, 0.2) is 0 Å². The van der Waals surface area contributed by atoms with Crippen LogP contribution < -0.4 is 10.1 Å². The first-order valence-electron chi connectivity index (χ1n) is 5.74. The number of hydrogen-bond donors (Lipinski definition) is 1. The molecular formula is C13H15N3O. The van der Waals surface area contributed by atoms with Crippen LogP contribution in [-0.2, 0) is 13.1 Å². The summed E-state index contributed by atoms with van der Waals surface area (Å²) in [6.45, 7) is 1.76. The molecule has 1 N–H and O–H groups in total. The van der Waals surface area contributed by atoms with Gasteiger partial charge in [0.25, 0.3) is 0 Å². The first-order chi connectivity index (χ1) is 8.36. The van der Waals surface area contributed by atoms with E-state index in [1.807, 2.05) is 24.5 Å². The van der Waals surface area contributed by atoms with Gasteiger partial charge in [-0.05, 0) is 17.7 Å². The third-order valence-corrected chi connectivity index (χ3v) is 3.21. The Morgan fingerprint density at radius 2 is 2.18 bits per heavy atom. The second-order valence-corrected chi connectivity index (χ2v) is 4.20. The van der Waals surface area contributed by atoms with E-state index in [0.717, 1.165) is 24.7 Å². The largest absolute Gasteiger partial charge is 0.497 e. The highest BCUT2D eigenvalue weighted by atomic mass is 16.5. The van der Waals surface area contributed by atoms with Gasteiger partial charge in [0.2, 0.25) is 0 Å². The van der Waals surface area contributed by atoms with Gasteiger partial charge in [0, 0.05) is 18.9 Å².